The van der Waals surface area contributed by atoms with E-state index in [2.05, 4.69) is 4.74 Å². The van der Waals surface area contributed by atoms with Crippen LogP contribution < -0.4 is 4.74 Å². The van der Waals surface area contributed by atoms with Crippen LogP contribution in [0.3, 0.4) is 0 Å². The number of benzene rings is 1. The second-order valence-corrected chi connectivity index (χ2v) is 3.49. The molecular formula is C12H9F5O2. The Morgan fingerprint density at radius 2 is 1.63 bits per heavy atom. The Kier molecular flexibility index (Phi) is 4.63. The van der Waals surface area contributed by atoms with Crippen molar-refractivity contribution in [2.45, 2.75) is 18.7 Å². The van der Waals surface area contributed by atoms with Gasteiger partial charge in [-0.25, -0.2) is 0 Å². The van der Waals surface area contributed by atoms with Crippen molar-refractivity contribution in [1.82, 2.24) is 0 Å². The minimum absolute atomic E-state index is 0.185. The van der Waals surface area contributed by atoms with Crippen molar-refractivity contribution in [1.29, 1.82) is 0 Å². The Morgan fingerprint density at radius 3 is 2.11 bits per heavy atom. The Hall–Kier alpha value is -1.92. The number of carbonyl (C=O) groups excluding carboxylic acids is 1. The molecule has 0 unspecified atom stereocenters. The Morgan fingerprint density at radius 1 is 1.05 bits per heavy atom. The second-order valence-electron chi connectivity index (χ2n) is 3.49. The lowest BCUT2D eigenvalue weighted by Gasteiger charge is -2.20. The maximum atomic E-state index is 12.6. The molecule has 0 atom stereocenters. The van der Waals surface area contributed by atoms with Crippen molar-refractivity contribution < 1.29 is 31.5 Å². The molecule has 0 aliphatic heterocycles. The third-order valence-corrected chi connectivity index (χ3v) is 2.00. The summed E-state index contributed by atoms with van der Waals surface area (Å²) in [6.07, 6.45) is -7.10. The number of hydrogen-bond donors (Lipinski definition) is 0. The zero-order valence-electron chi connectivity index (χ0n) is 9.45. The van der Waals surface area contributed by atoms with E-state index in [9.17, 15) is 26.7 Å². The van der Waals surface area contributed by atoms with Crippen LogP contribution in [-0.2, 0) is 4.79 Å². The molecule has 7 heteroatoms. The molecule has 0 spiro atoms. The fourth-order valence-electron chi connectivity index (χ4n) is 1.11. The van der Waals surface area contributed by atoms with Crippen molar-refractivity contribution in [3.05, 3.63) is 35.9 Å². The Labute approximate surface area is 105 Å². The van der Waals surface area contributed by atoms with Crippen molar-refractivity contribution in [3.63, 3.8) is 0 Å². The molecule has 0 aliphatic rings. The van der Waals surface area contributed by atoms with Gasteiger partial charge in [0.2, 0.25) is 0 Å². The van der Waals surface area contributed by atoms with Crippen molar-refractivity contribution in [3.8, 4) is 5.75 Å². The van der Waals surface area contributed by atoms with Crippen LogP contribution in [0, 0.1) is 0 Å². The van der Waals surface area contributed by atoms with Crippen molar-refractivity contribution in [2.24, 2.45) is 0 Å². The number of hydrogen-bond acceptors (Lipinski definition) is 2. The summed E-state index contributed by atoms with van der Waals surface area (Å²) >= 11 is 0. The largest absolute Gasteiger partial charge is 0.499 e. The van der Waals surface area contributed by atoms with Crippen LogP contribution in [0.25, 0.3) is 6.08 Å². The lowest BCUT2D eigenvalue weighted by molar-refractivity contribution is -0.360. The van der Waals surface area contributed by atoms with Crippen molar-refractivity contribution in [2.75, 3.05) is 0 Å². The van der Waals surface area contributed by atoms with Gasteiger partial charge in [0.1, 0.15) is 12.0 Å². The quantitative estimate of drug-likeness (QED) is 0.605. The average molecular weight is 280 g/mol. The standard InChI is InChI=1S/C12H9F5O2/c13-11(14,15)12(16,17)19-10-6-4-9(5-7-10)3-1-2-8-18/h1,3-8H,2H2. The summed E-state index contributed by atoms with van der Waals surface area (Å²) < 4.78 is 64.4. The molecule has 1 rings (SSSR count). The number of rotatable bonds is 5. The highest BCUT2D eigenvalue weighted by molar-refractivity contribution is 5.58. The minimum atomic E-state index is -5.77. The molecule has 19 heavy (non-hydrogen) atoms. The van der Waals surface area contributed by atoms with E-state index in [0.717, 1.165) is 12.1 Å². The summed E-state index contributed by atoms with van der Waals surface area (Å²) in [5, 5.41) is 0. The van der Waals surface area contributed by atoms with Gasteiger partial charge in [0.15, 0.2) is 0 Å². The van der Waals surface area contributed by atoms with Crippen LogP contribution in [0.5, 0.6) is 5.75 Å². The Balaban J connectivity index is 2.75. The van der Waals surface area contributed by atoms with E-state index in [4.69, 9.17) is 0 Å². The minimum Gasteiger partial charge on any atom is -0.426 e. The summed E-state index contributed by atoms with van der Waals surface area (Å²) in [5.74, 6) is -0.602. The van der Waals surface area contributed by atoms with Gasteiger partial charge in [0.25, 0.3) is 0 Å². The van der Waals surface area contributed by atoms with Crippen LogP contribution in [-0.4, -0.2) is 18.6 Å². The van der Waals surface area contributed by atoms with E-state index in [1.807, 2.05) is 0 Å². The molecule has 0 amide bonds. The topological polar surface area (TPSA) is 26.3 Å². The van der Waals surface area contributed by atoms with E-state index in [1.54, 1.807) is 0 Å². The van der Waals surface area contributed by atoms with Crippen LogP contribution in [0.2, 0.25) is 0 Å². The maximum Gasteiger partial charge on any atom is 0.499 e. The number of ether oxygens (including phenoxy) is 1. The highest BCUT2D eigenvalue weighted by Crippen LogP contribution is 2.37. The molecule has 104 valence electrons. The molecule has 0 aromatic heterocycles. The number of alkyl halides is 5. The summed E-state index contributed by atoms with van der Waals surface area (Å²) in [6, 6.07) is 4.56. The van der Waals surface area contributed by atoms with Gasteiger partial charge in [0, 0.05) is 6.42 Å². The molecule has 0 aliphatic carbocycles. The Bertz CT molecular complexity index is 448. The fourth-order valence-corrected chi connectivity index (χ4v) is 1.11. The maximum absolute atomic E-state index is 12.6. The van der Waals surface area contributed by atoms with Crippen LogP contribution in [0.4, 0.5) is 22.0 Å². The van der Waals surface area contributed by atoms with Gasteiger partial charge >= 0.3 is 12.3 Å². The predicted molar refractivity (Wildman–Crippen MR) is 57.8 cm³/mol. The zero-order valence-corrected chi connectivity index (χ0v) is 9.45. The van der Waals surface area contributed by atoms with Gasteiger partial charge < -0.3 is 9.53 Å². The molecule has 0 saturated heterocycles. The summed E-state index contributed by atoms with van der Waals surface area (Å²) in [7, 11) is 0. The van der Waals surface area contributed by atoms with Gasteiger partial charge in [-0.3, -0.25) is 0 Å². The normalized spacial score (nSPS) is 12.7. The lowest BCUT2D eigenvalue weighted by atomic mass is 10.2. The van der Waals surface area contributed by atoms with E-state index in [0.29, 0.717) is 11.8 Å². The van der Waals surface area contributed by atoms with E-state index < -0.39 is 18.0 Å². The van der Waals surface area contributed by atoms with Gasteiger partial charge in [-0.15, -0.1) is 0 Å². The molecule has 2 nitrogen and oxygen atoms in total. The first kappa shape index (κ1) is 15.1. The molecule has 0 heterocycles. The summed E-state index contributed by atoms with van der Waals surface area (Å²) in [4.78, 5) is 10.0. The zero-order chi connectivity index (χ0) is 14.5. The molecule has 0 fully saturated rings. The monoisotopic (exact) mass is 280 g/mol. The molecule has 0 radical (unpaired) electrons. The van der Waals surface area contributed by atoms with Gasteiger partial charge in [-0.05, 0) is 17.7 Å². The highest BCUT2D eigenvalue weighted by atomic mass is 19.4. The van der Waals surface area contributed by atoms with Crippen molar-refractivity contribution >= 4 is 12.4 Å². The molecule has 1 aromatic rings. The van der Waals surface area contributed by atoms with Gasteiger partial charge in [-0.1, -0.05) is 24.3 Å². The first-order valence-corrected chi connectivity index (χ1v) is 5.10. The van der Waals surface area contributed by atoms with Gasteiger partial charge in [-0.2, -0.15) is 22.0 Å². The molecule has 1 aromatic carbocycles. The smallest absolute Gasteiger partial charge is 0.426 e. The molecule has 0 N–H and O–H groups in total. The lowest BCUT2D eigenvalue weighted by Crippen LogP contribution is -2.41. The third-order valence-electron chi connectivity index (χ3n) is 2.00. The number of halogens is 5. The third kappa shape index (κ3) is 4.35. The molecule has 0 saturated carbocycles. The number of aldehydes is 1. The summed E-state index contributed by atoms with van der Waals surface area (Å²) in [5.41, 5.74) is 0.546. The number of carbonyl (C=O) groups is 1. The number of allylic oxidation sites excluding steroid dienone is 1. The van der Waals surface area contributed by atoms with Crippen LogP contribution in [0.15, 0.2) is 30.3 Å². The van der Waals surface area contributed by atoms with Gasteiger partial charge in [0.05, 0.1) is 0 Å². The molecular weight excluding hydrogens is 271 g/mol. The van der Waals surface area contributed by atoms with E-state index in [1.165, 1.54) is 24.3 Å². The first-order valence-electron chi connectivity index (χ1n) is 5.10. The van der Waals surface area contributed by atoms with E-state index in [-0.39, 0.29) is 6.42 Å². The van der Waals surface area contributed by atoms with Crippen LogP contribution in [0.1, 0.15) is 12.0 Å². The second kappa shape index (κ2) is 5.81. The fraction of sp³-hybridized carbons (Fsp3) is 0.250. The highest BCUT2D eigenvalue weighted by Gasteiger charge is 2.61. The SMILES string of the molecule is O=CCC=Cc1ccc(OC(F)(F)C(F)(F)F)cc1. The van der Waals surface area contributed by atoms with Crippen LogP contribution >= 0.6 is 0 Å². The predicted octanol–water partition coefficient (Wildman–Crippen LogP) is 3.82. The molecule has 0 bridgehead atoms. The average Bonchev–Trinajstić information content (AvgIpc) is 2.30. The first-order chi connectivity index (χ1) is 8.76. The summed E-state index contributed by atoms with van der Waals surface area (Å²) in [6.45, 7) is 0. The van der Waals surface area contributed by atoms with E-state index >= 15 is 0 Å².